The second-order valence-corrected chi connectivity index (χ2v) is 15.1. The number of amides is 2. The van der Waals surface area contributed by atoms with Crippen molar-refractivity contribution >= 4 is 23.8 Å². The normalized spacial score (nSPS) is 12.6. The zero-order valence-corrected chi connectivity index (χ0v) is 34.7. The van der Waals surface area contributed by atoms with Gasteiger partial charge in [-0.15, -0.1) is 0 Å². The van der Waals surface area contributed by atoms with E-state index in [9.17, 15) is 19.2 Å². The third kappa shape index (κ3) is 36.3. The zero-order chi connectivity index (χ0) is 39.7. The molecule has 0 heterocycles. The second-order valence-electron chi connectivity index (χ2n) is 15.1. The average Bonchev–Trinajstić information content (AvgIpc) is 3.15. The number of carboxylic acid groups (broad SMARTS) is 1. The molecule has 0 radical (unpaired) electrons. The molecular weight excluding hydrogens is 681 g/mol. The average molecular weight is 763 g/mol. The standard InChI is InChI=1S/C45H82N2O7/c1-3-5-7-9-11-13-14-15-16-17-18-19-20-21-22-23-25-27-33-37-44(51)54-40(34-30-26-24-12-10-8-6-4-2)35-31-28-29-32-36-42(49)46-38-43(50)47-41(39-48)45(52)53/h15-16,30,34,40-41,48H,3-14,17-29,31-33,35-39H2,1-2H3,(H,46,49)(H,47,50)(H,52,53)/b16-15-,34-30-. The Kier molecular flexibility index (Phi) is 38.0. The molecular formula is C45H82N2O7. The molecule has 314 valence electrons. The van der Waals surface area contributed by atoms with Crippen molar-refractivity contribution in [3.05, 3.63) is 24.3 Å². The largest absolute Gasteiger partial charge is 0.480 e. The number of rotatable bonds is 40. The first-order valence-corrected chi connectivity index (χ1v) is 22.2. The predicted molar refractivity (Wildman–Crippen MR) is 222 cm³/mol. The van der Waals surface area contributed by atoms with E-state index in [1.165, 1.54) is 128 Å². The Bertz CT molecular complexity index is 968. The number of allylic oxidation sites excluding steroid dienone is 3. The Hall–Kier alpha value is -2.68. The van der Waals surface area contributed by atoms with Crippen LogP contribution in [0.25, 0.3) is 0 Å². The monoisotopic (exact) mass is 763 g/mol. The third-order valence-electron chi connectivity index (χ3n) is 9.91. The van der Waals surface area contributed by atoms with Gasteiger partial charge >= 0.3 is 11.9 Å². The first-order chi connectivity index (χ1) is 26.3. The summed E-state index contributed by atoms with van der Waals surface area (Å²) in [7, 11) is 0. The maximum Gasteiger partial charge on any atom is 0.328 e. The molecule has 0 aromatic rings. The highest BCUT2D eigenvalue weighted by atomic mass is 16.5. The lowest BCUT2D eigenvalue weighted by atomic mass is 10.0. The maximum atomic E-state index is 12.7. The van der Waals surface area contributed by atoms with E-state index < -0.39 is 24.5 Å². The minimum atomic E-state index is -1.39. The number of carbonyl (C=O) groups is 4. The Balaban J connectivity index is 4.18. The van der Waals surface area contributed by atoms with Gasteiger partial charge in [-0.25, -0.2) is 4.79 Å². The molecule has 9 nitrogen and oxygen atoms in total. The number of unbranched alkanes of at least 4 members (excludes halogenated alkanes) is 24. The van der Waals surface area contributed by atoms with E-state index in [1.54, 1.807) is 0 Å². The molecule has 0 fully saturated rings. The van der Waals surface area contributed by atoms with Crippen molar-refractivity contribution < 1.29 is 34.1 Å². The fraction of sp³-hybridized carbons (Fsp3) is 0.822. The number of aliphatic hydroxyl groups is 1. The molecule has 2 unspecified atom stereocenters. The van der Waals surface area contributed by atoms with Crippen molar-refractivity contribution in [2.45, 2.75) is 225 Å². The van der Waals surface area contributed by atoms with Gasteiger partial charge in [-0.2, -0.15) is 0 Å². The molecule has 4 N–H and O–H groups in total. The molecule has 54 heavy (non-hydrogen) atoms. The van der Waals surface area contributed by atoms with E-state index in [0.717, 1.165) is 51.4 Å². The number of aliphatic carboxylic acids is 1. The van der Waals surface area contributed by atoms with Crippen LogP contribution in [0.15, 0.2) is 24.3 Å². The summed E-state index contributed by atoms with van der Waals surface area (Å²) < 4.78 is 5.91. The Morgan fingerprint density at radius 2 is 1.00 bits per heavy atom. The summed E-state index contributed by atoms with van der Waals surface area (Å²) in [4.78, 5) is 47.5. The van der Waals surface area contributed by atoms with E-state index in [0.29, 0.717) is 12.8 Å². The molecule has 2 atom stereocenters. The van der Waals surface area contributed by atoms with Crippen molar-refractivity contribution in [3.63, 3.8) is 0 Å². The topological polar surface area (TPSA) is 142 Å². The van der Waals surface area contributed by atoms with Crippen LogP contribution in [0.2, 0.25) is 0 Å². The number of ether oxygens (including phenoxy) is 1. The quantitative estimate of drug-likeness (QED) is 0.0276. The van der Waals surface area contributed by atoms with E-state index >= 15 is 0 Å². The fourth-order valence-electron chi connectivity index (χ4n) is 6.44. The highest BCUT2D eigenvalue weighted by Gasteiger charge is 2.18. The maximum absolute atomic E-state index is 12.7. The first kappa shape index (κ1) is 51.3. The van der Waals surface area contributed by atoms with Gasteiger partial charge in [-0.1, -0.05) is 154 Å². The Morgan fingerprint density at radius 1 is 0.556 bits per heavy atom. The minimum absolute atomic E-state index is 0.111. The number of carboxylic acids is 1. The molecule has 0 aliphatic heterocycles. The van der Waals surface area contributed by atoms with Crippen LogP contribution >= 0.6 is 0 Å². The summed E-state index contributed by atoms with van der Waals surface area (Å²) in [5.74, 6) is -2.39. The van der Waals surface area contributed by atoms with E-state index in [2.05, 4.69) is 48.8 Å². The van der Waals surface area contributed by atoms with Crippen LogP contribution in [0.4, 0.5) is 0 Å². The molecule has 0 rings (SSSR count). The number of aliphatic hydroxyl groups excluding tert-OH is 1. The van der Waals surface area contributed by atoms with Gasteiger partial charge in [-0.3, -0.25) is 14.4 Å². The fourth-order valence-corrected chi connectivity index (χ4v) is 6.44. The van der Waals surface area contributed by atoms with E-state index in [1.807, 2.05) is 0 Å². The predicted octanol–water partition coefficient (Wildman–Crippen LogP) is 10.8. The molecule has 9 heteroatoms. The van der Waals surface area contributed by atoms with E-state index in [-0.39, 0.29) is 30.9 Å². The molecule has 0 aromatic carbocycles. The van der Waals surface area contributed by atoms with Crippen LogP contribution in [-0.2, 0) is 23.9 Å². The van der Waals surface area contributed by atoms with Crippen LogP contribution in [-0.4, -0.2) is 59.3 Å². The summed E-state index contributed by atoms with van der Waals surface area (Å²) in [6, 6.07) is -1.39. The highest BCUT2D eigenvalue weighted by Crippen LogP contribution is 2.16. The second kappa shape index (κ2) is 40.0. The lowest BCUT2D eigenvalue weighted by Gasteiger charge is -2.15. The first-order valence-electron chi connectivity index (χ1n) is 22.2. The lowest BCUT2D eigenvalue weighted by molar-refractivity contribution is -0.147. The highest BCUT2D eigenvalue weighted by molar-refractivity contribution is 5.87. The third-order valence-corrected chi connectivity index (χ3v) is 9.91. The molecule has 0 bridgehead atoms. The van der Waals surface area contributed by atoms with Crippen molar-refractivity contribution in [3.8, 4) is 0 Å². The number of hydrogen-bond donors (Lipinski definition) is 4. The molecule has 0 spiro atoms. The van der Waals surface area contributed by atoms with Gasteiger partial charge in [0.1, 0.15) is 12.1 Å². The van der Waals surface area contributed by atoms with Crippen molar-refractivity contribution in [1.82, 2.24) is 10.6 Å². The van der Waals surface area contributed by atoms with Gasteiger partial charge in [-0.05, 0) is 70.3 Å². The van der Waals surface area contributed by atoms with Crippen molar-refractivity contribution in [2.24, 2.45) is 0 Å². The number of carbonyl (C=O) groups excluding carboxylic acids is 3. The van der Waals surface area contributed by atoms with Gasteiger partial charge in [0, 0.05) is 12.8 Å². The van der Waals surface area contributed by atoms with Gasteiger partial charge in [0.05, 0.1) is 13.2 Å². The molecule has 0 saturated carbocycles. The van der Waals surface area contributed by atoms with Gasteiger partial charge in [0.15, 0.2) is 0 Å². The number of hydrogen-bond acceptors (Lipinski definition) is 6. The summed E-state index contributed by atoms with van der Waals surface area (Å²) in [6.45, 7) is 3.44. The van der Waals surface area contributed by atoms with Gasteiger partial charge < -0.3 is 25.6 Å². The van der Waals surface area contributed by atoms with Crippen LogP contribution in [0, 0.1) is 0 Å². The Morgan fingerprint density at radius 3 is 1.50 bits per heavy atom. The van der Waals surface area contributed by atoms with Gasteiger partial charge in [0.25, 0.3) is 0 Å². The van der Waals surface area contributed by atoms with Gasteiger partial charge in [0.2, 0.25) is 11.8 Å². The van der Waals surface area contributed by atoms with Crippen LogP contribution in [0.5, 0.6) is 0 Å². The zero-order valence-electron chi connectivity index (χ0n) is 34.7. The SMILES string of the molecule is CCCCCCCC/C=C\CCCCCCCCCCCC(=O)OC(/C=C\CCCCCCCC)CCCCCCC(=O)NCC(=O)NC(CO)C(=O)O. The summed E-state index contributed by atoms with van der Waals surface area (Å²) in [6.07, 6.45) is 43.7. The van der Waals surface area contributed by atoms with Crippen LogP contribution in [0.1, 0.15) is 213 Å². The van der Waals surface area contributed by atoms with Crippen LogP contribution in [0.3, 0.4) is 0 Å². The summed E-state index contributed by atoms with van der Waals surface area (Å²) in [5.41, 5.74) is 0. The van der Waals surface area contributed by atoms with Crippen molar-refractivity contribution in [1.29, 1.82) is 0 Å². The minimum Gasteiger partial charge on any atom is -0.480 e. The molecule has 0 saturated heterocycles. The van der Waals surface area contributed by atoms with Crippen molar-refractivity contribution in [2.75, 3.05) is 13.2 Å². The molecule has 0 aliphatic rings. The Labute approximate surface area is 330 Å². The summed E-state index contributed by atoms with van der Waals surface area (Å²) in [5, 5.41) is 22.5. The van der Waals surface area contributed by atoms with Crippen LogP contribution < -0.4 is 10.6 Å². The number of nitrogens with one attached hydrogen (secondary N) is 2. The summed E-state index contributed by atoms with van der Waals surface area (Å²) >= 11 is 0. The molecule has 0 aliphatic carbocycles. The number of esters is 1. The molecule has 0 aromatic heterocycles. The molecule has 2 amide bonds. The van der Waals surface area contributed by atoms with E-state index in [4.69, 9.17) is 14.9 Å². The lowest BCUT2D eigenvalue weighted by Crippen LogP contribution is -2.47. The smallest absolute Gasteiger partial charge is 0.328 e.